The van der Waals surface area contributed by atoms with Crippen molar-refractivity contribution < 1.29 is 9.59 Å². The van der Waals surface area contributed by atoms with Crippen molar-refractivity contribution in [2.45, 2.75) is 63.8 Å². The zero-order valence-electron chi connectivity index (χ0n) is 18.2. The lowest BCUT2D eigenvalue weighted by Gasteiger charge is -2.56. The first-order valence-electron chi connectivity index (χ1n) is 12.2. The van der Waals surface area contributed by atoms with Crippen LogP contribution in [0.1, 0.15) is 56.9 Å². The van der Waals surface area contributed by atoms with Crippen LogP contribution >= 0.6 is 0 Å². The summed E-state index contributed by atoms with van der Waals surface area (Å²) in [7, 11) is 0. The van der Waals surface area contributed by atoms with Gasteiger partial charge in [0, 0.05) is 30.2 Å². The fourth-order valence-electron chi connectivity index (χ4n) is 7.74. The average molecular weight is 420 g/mol. The number of fused-ring (bicyclic) bond motifs is 1. The summed E-state index contributed by atoms with van der Waals surface area (Å²) in [5, 5.41) is 4.36. The number of aromatic nitrogens is 1. The number of carbonyl (C=O) groups excluding carboxylic acids is 2. The number of para-hydroxylation sites is 1. The number of carbonyl (C=O) groups is 2. The lowest BCUT2D eigenvalue weighted by atomic mass is 9.49. The third kappa shape index (κ3) is 3.28. The summed E-state index contributed by atoms with van der Waals surface area (Å²) in [5.41, 5.74) is 2.21. The Hall–Kier alpha value is -2.30. The third-order valence-corrected chi connectivity index (χ3v) is 8.68. The van der Waals surface area contributed by atoms with E-state index in [9.17, 15) is 9.59 Å². The van der Waals surface area contributed by atoms with Crippen LogP contribution in [-0.2, 0) is 16.0 Å². The second kappa shape index (κ2) is 7.39. The number of aromatic amines is 1. The van der Waals surface area contributed by atoms with Gasteiger partial charge in [-0.2, -0.15) is 0 Å². The lowest BCUT2D eigenvalue weighted by molar-refractivity contribution is -0.160. The van der Waals surface area contributed by atoms with Gasteiger partial charge in [-0.1, -0.05) is 18.2 Å². The largest absolute Gasteiger partial charge is 0.361 e. The van der Waals surface area contributed by atoms with Crippen LogP contribution in [0.5, 0.6) is 0 Å². The van der Waals surface area contributed by atoms with E-state index in [0.717, 1.165) is 68.3 Å². The van der Waals surface area contributed by atoms with E-state index in [1.54, 1.807) is 0 Å². The van der Waals surface area contributed by atoms with Crippen LogP contribution in [0.15, 0.2) is 30.5 Å². The van der Waals surface area contributed by atoms with Crippen molar-refractivity contribution in [2.75, 3.05) is 13.1 Å². The van der Waals surface area contributed by atoms with E-state index >= 15 is 0 Å². The molecule has 5 fully saturated rings. The average Bonchev–Trinajstić information content (AvgIpc) is 3.40. The Kier molecular flexibility index (Phi) is 4.62. The number of likely N-dealkylation sites (tertiary alicyclic amines) is 1. The van der Waals surface area contributed by atoms with Gasteiger partial charge in [0.25, 0.3) is 0 Å². The van der Waals surface area contributed by atoms with Gasteiger partial charge in [0.2, 0.25) is 11.8 Å². The van der Waals surface area contributed by atoms with Crippen LogP contribution in [0.2, 0.25) is 0 Å². The standard InChI is InChI=1S/C26H33N3O2/c30-24(27-8-7-20-16-28-22-5-2-1-4-21(20)22)23-6-3-9-29(23)25(31)26-13-17-10-18(14-26)12-19(11-17)15-26/h1-2,4-5,16-19,23,28H,3,6-15H2,(H,27,30). The Bertz CT molecular complexity index is 974. The number of rotatable bonds is 5. The molecule has 5 nitrogen and oxygen atoms in total. The predicted octanol–water partition coefficient (Wildman–Crippen LogP) is 4.03. The molecule has 2 heterocycles. The van der Waals surface area contributed by atoms with Crippen molar-refractivity contribution in [1.29, 1.82) is 0 Å². The molecule has 1 saturated heterocycles. The molecule has 2 aromatic rings. The van der Waals surface area contributed by atoms with E-state index < -0.39 is 0 Å². The Morgan fingerprint density at radius 2 is 1.77 bits per heavy atom. The van der Waals surface area contributed by atoms with Gasteiger partial charge < -0.3 is 15.2 Å². The highest BCUT2D eigenvalue weighted by atomic mass is 16.2. The van der Waals surface area contributed by atoms with E-state index in [4.69, 9.17) is 0 Å². The summed E-state index contributed by atoms with van der Waals surface area (Å²) < 4.78 is 0. The van der Waals surface area contributed by atoms with E-state index in [2.05, 4.69) is 22.4 Å². The first-order valence-corrected chi connectivity index (χ1v) is 12.2. The smallest absolute Gasteiger partial charge is 0.242 e. The van der Waals surface area contributed by atoms with Gasteiger partial charge in [-0.3, -0.25) is 9.59 Å². The van der Waals surface area contributed by atoms with E-state index in [0.29, 0.717) is 12.5 Å². The minimum absolute atomic E-state index is 0.0374. The lowest BCUT2D eigenvalue weighted by Crippen LogP contribution is -2.57. The molecule has 2 N–H and O–H groups in total. The monoisotopic (exact) mass is 419 g/mol. The highest BCUT2D eigenvalue weighted by Crippen LogP contribution is 2.60. The quantitative estimate of drug-likeness (QED) is 0.768. The van der Waals surface area contributed by atoms with Crippen LogP contribution in [-0.4, -0.2) is 40.8 Å². The molecular weight excluding hydrogens is 386 g/mol. The molecule has 1 aliphatic heterocycles. The highest BCUT2D eigenvalue weighted by molar-refractivity contribution is 5.91. The molecule has 4 aliphatic carbocycles. The Balaban J connectivity index is 1.11. The first-order chi connectivity index (χ1) is 15.1. The fraction of sp³-hybridized carbons (Fsp3) is 0.615. The van der Waals surface area contributed by atoms with Crippen LogP contribution in [0, 0.1) is 23.2 Å². The molecule has 164 valence electrons. The Labute approximate surface area is 184 Å². The van der Waals surface area contributed by atoms with Crippen LogP contribution in [0.3, 0.4) is 0 Å². The van der Waals surface area contributed by atoms with Gasteiger partial charge >= 0.3 is 0 Å². The second-order valence-electron chi connectivity index (χ2n) is 10.8. The minimum Gasteiger partial charge on any atom is -0.361 e. The summed E-state index contributed by atoms with van der Waals surface area (Å²) in [4.78, 5) is 32.1. The summed E-state index contributed by atoms with van der Waals surface area (Å²) in [6, 6.07) is 7.99. The zero-order chi connectivity index (χ0) is 21.0. The summed E-state index contributed by atoms with van der Waals surface area (Å²) >= 11 is 0. The van der Waals surface area contributed by atoms with Crippen LogP contribution in [0.4, 0.5) is 0 Å². The maximum atomic E-state index is 13.8. The van der Waals surface area contributed by atoms with Gasteiger partial charge in [-0.15, -0.1) is 0 Å². The normalized spacial score (nSPS) is 33.9. The molecule has 1 aromatic carbocycles. The SMILES string of the molecule is O=C(NCCc1c[nH]c2ccccc12)C1CCCN1C(=O)C12CC3CC(CC(C3)C1)C2. The molecule has 1 unspecified atom stereocenters. The van der Waals surface area contributed by atoms with Crippen molar-refractivity contribution in [2.24, 2.45) is 23.2 Å². The molecule has 0 radical (unpaired) electrons. The maximum Gasteiger partial charge on any atom is 0.242 e. The predicted molar refractivity (Wildman–Crippen MR) is 120 cm³/mol. The Morgan fingerprint density at radius 3 is 2.52 bits per heavy atom. The number of hydrogen-bond donors (Lipinski definition) is 2. The number of nitrogens with zero attached hydrogens (tertiary/aromatic N) is 1. The molecule has 7 rings (SSSR count). The number of H-pyrrole nitrogens is 1. The highest BCUT2D eigenvalue weighted by Gasteiger charge is 2.56. The number of benzene rings is 1. The summed E-state index contributed by atoms with van der Waals surface area (Å²) in [6.45, 7) is 1.36. The van der Waals surface area contributed by atoms with Gasteiger partial charge in [-0.05, 0) is 87.2 Å². The summed E-state index contributed by atoms with van der Waals surface area (Å²) in [5.74, 6) is 2.60. The topological polar surface area (TPSA) is 65.2 Å². The molecule has 2 amide bonds. The van der Waals surface area contributed by atoms with E-state index in [-0.39, 0.29) is 17.4 Å². The molecule has 1 atom stereocenters. The molecule has 5 heteroatoms. The van der Waals surface area contributed by atoms with E-state index in [1.165, 1.54) is 30.2 Å². The molecule has 5 aliphatic rings. The second-order valence-corrected chi connectivity index (χ2v) is 10.8. The minimum atomic E-state index is -0.275. The zero-order valence-corrected chi connectivity index (χ0v) is 18.2. The Morgan fingerprint density at radius 1 is 1.06 bits per heavy atom. The molecule has 4 bridgehead atoms. The van der Waals surface area contributed by atoms with Crippen molar-refractivity contribution >= 4 is 22.7 Å². The maximum absolute atomic E-state index is 13.8. The first kappa shape index (κ1) is 19.4. The van der Waals surface area contributed by atoms with Crippen molar-refractivity contribution in [1.82, 2.24) is 15.2 Å². The van der Waals surface area contributed by atoms with Crippen LogP contribution in [0.25, 0.3) is 10.9 Å². The number of nitrogens with one attached hydrogen (secondary N) is 2. The molecule has 0 spiro atoms. The molecule has 1 aromatic heterocycles. The van der Waals surface area contributed by atoms with Crippen molar-refractivity contribution in [3.8, 4) is 0 Å². The summed E-state index contributed by atoms with van der Waals surface area (Å²) in [6.07, 6.45) is 11.8. The fourth-order valence-corrected chi connectivity index (χ4v) is 7.74. The number of amides is 2. The van der Waals surface area contributed by atoms with Crippen LogP contribution < -0.4 is 5.32 Å². The van der Waals surface area contributed by atoms with Gasteiger partial charge in [0.15, 0.2) is 0 Å². The van der Waals surface area contributed by atoms with Crippen molar-refractivity contribution in [3.63, 3.8) is 0 Å². The van der Waals surface area contributed by atoms with Gasteiger partial charge in [0.05, 0.1) is 5.41 Å². The molecular formula is C26H33N3O2. The van der Waals surface area contributed by atoms with Gasteiger partial charge in [0.1, 0.15) is 6.04 Å². The third-order valence-electron chi connectivity index (χ3n) is 8.68. The van der Waals surface area contributed by atoms with Gasteiger partial charge in [-0.25, -0.2) is 0 Å². The van der Waals surface area contributed by atoms with Crippen molar-refractivity contribution in [3.05, 3.63) is 36.0 Å². The number of hydrogen-bond acceptors (Lipinski definition) is 2. The molecule has 31 heavy (non-hydrogen) atoms. The van der Waals surface area contributed by atoms with E-state index in [1.807, 2.05) is 23.2 Å². The molecule has 4 saturated carbocycles.